The largest absolute Gasteiger partial charge is 0.483 e. The Morgan fingerprint density at radius 1 is 1.09 bits per heavy atom. The van der Waals surface area contributed by atoms with Crippen molar-refractivity contribution in [2.45, 2.75) is 13.8 Å². The molecule has 0 radical (unpaired) electrons. The molecule has 0 saturated heterocycles. The highest BCUT2D eigenvalue weighted by Gasteiger charge is 2.12. The van der Waals surface area contributed by atoms with Crippen molar-refractivity contribution in [1.29, 1.82) is 0 Å². The van der Waals surface area contributed by atoms with Gasteiger partial charge in [-0.05, 0) is 55.8 Å². The number of ether oxygens (including phenoxy) is 1. The average molecular weight is 352 g/mol. The standard InChI is InChI=1S/C17H15Cl2NO3/c1-10-7-12(18)3-5-15(10)20-17(22)9-23-16-6-4-13(19)8-14(16)11(2)21/h3-8H,9H2,1-2H3,(H,20,22). The van der Waals surface area contributed by atoms with Crippen molar-refractivity contribution in [2.24, 2.45) is 0 Å². The van der Waals surface area contributed by atoms with Gasteiger partial charge in [-0.25, -0.2) is 0 Å². The molecule has 2 aromatic carbocycles. The quantitative estimate of drug-likeness (QED) is 0.805. The number of Topliss-reactive ketones (excluding diaryl/α,β-unsaturated/α-hetero) is 1. The number of carbonyl (C=O) groups excluding carboxylic acids is 2. The maximum absolute atomic E-state index is 12.0. The van der Waals surface area contributed by atoms with Gasteiger partial charge in [0.2, 0.25) is 0 Å². The maximum Gasteiger partial charge on any atom is 0.262 e. The van der Waals surface area contributed by atoms with Crippen LogP contribution in [0.15, 0.2) is 36.4 Å². The molecule has 0 aliphatic rings. The summed E-state index contributed by atoms with van der Waals surface area (Å²) in [4.78, 5) is 23.6. The monoisotopic (exact) mass is 351 g/mol. The number of halogens is 2. The van der Waals surface area contributed by atoms with Crippen LogP contribution in [0.2, 0.25) is 10.0 Å². The van der Waals surface area contributed by atoms with Gasteiger partial charge in [0.25, 0.3) is 5.91 Å². The normalized spacial score (nSPS) is 10.3. The second kappa shape index (κ2) is 7.49. The average Bonchev–Trinajstić information content (AvgIpc) is 2.48. The number of hydrogen-bond acceptors (Lipinski definition) is 3. The van der Waals surface area contributed by atoms with Gasteiger partial charge in [0, 0.05) is 15.7 Å². The van der Waals surface area contributed by atoms with Crippen molar-refractivity contribution in [3.05, 3.63) is 57.6 Å². The van der Waals surface area contributed by atoms with Crippen molar-refractivity contribution in [2.75, 3.05) is 11.9 Å². The molecule has 0 saturated carbocycles. The van der Waals surface area contributed by atoms with Gasteiger partial charge < -0.3 is 10.1 Å². The summed E-state index contributed by atoms with van der Waals surface area (Å²) in [7, 11) is 0. The van der Waals surface area contributed by atoms with Crippen LogP contribution in [0.3, 0.4) is 0 Å². The van der Waals surface area contributed by atoms with E-state index in [9.17, 15) is 9.59 Å². The Morgan fingerprint density at radius 2 is 1.74 bits per heavy atom. The molecule has 1 N–H and O–H groups in total. The summed E-state index contributed by atoms with van der Waals surface area (Å²) in [5, 5.41) is 3.77. The number of aryl methyl sites for hydroxylation is 1. The Bertz CT molecular complexity index is 759. The molecular formula is C17H15Cl2NO3. The van der Waals surface area contributed by atoms with E-state index < -0.39 is 0 Å². The van der Waals surface area contributed by atoms with Crippen LogP contribution in [0.5, 0.6) is 5.75 Å². The first kappa shape index (κ1) is 17.3. The highest BCUT2D eigenvalue weighted by molar-refractivity contribution is 6.31. The minimum atomic E-state index is -0.333. The van der Waals surface area contributed by atoms with E-state index in [1.165, 1.54) is 13.0 Å². The highest BCUT2D eigenvalue weighted by Crippen LogP contribution is 2.24. The molecule has 0 unspecified atom stereocenters. The Morgan fingerprint density at radius 3 is 2.39 bits per heavy atom. The number of anilines is 1. The first-order chi connectivity index (χ1) is 10.9. The molecule has 2 aromatic rings. The molecule has 2 rings (SSSR count). The number of amides is 1. The first-order valence-corrected chi connectivity index (χ1v) is 7.61. The van der Waals surface area contributed by atoms with Gasteiger partial charge in [0.05, 0.1) is 5.56 Å². The second-order valence-electron chi connectivity index (χ2n) is 4.99. The molecule has 0 bridgehead atoms. The van der Waals surface area contributed by atoms with E-state index in [2.05, 4.69) is 5.32 Å². The first-order valence-electron chi connectivity index (χ1n) is 6.86. The third-order valence-electron chi connectivity index (χ3n) is 3.14. The third kappa shape index (κ3) is 4.71. The summed E-state index contributed by atoms with van der Waals surface area (Å²) in [6, 6.07) is 9.85. The van der Waals surface area contributed by atoms with Gasteiger partial charge in [-0.2, -0.15) is 0 Å². The Hall–Kier alpha value is -2.04. The van der Waals surface area contributed by atoms with E-state index in [1.807, 2.05) is 6.92 Å². The van der Waals surface area contributed by atoms with Gasteiger partial charge in [-0.1, -0.05) is 23.2 Å². The van der Waals surface area contributed by atoms with Crippen LogP contribution < -0.4 is 10.1 Å². The third-order valence-corrected chi connectivity index (χ3v) is 3.61. The van der Waals surface area contributed by atoms with E-state index >= 15 is 0 Å². The predicted octanol–water partition coefficient (Wildman–Crippen LogP) is 4.52. The molecule has 120 valence electrons. The van der Waals surface area contributed by atoms with Crippen molar-refractivity contribution in [3.8, 4) is 5.75 Å². The molecule has 0 fully saturated rings. The zero-order chi connectivity index (χ0) is 17.0. The van der Waals surface area contributed by atoms with Crippen LogP contribution >= 0.6 is 23.2 Å². The molecule has 6 heteroatoms. The number of carbonyl (C=O) groups is 2. The van der Waals surface area contributed by atoms with Crippen molar-refractivity contribution in [3.63, 3.8) is 0 Å². The lowest BCUT2D eigenvalue weighted by molar-refractivity contribution is -0.118. The van der Waals surface area contributed by atoms with Crippen LogP contribution in [0.1, 0.15) is 22.8 Å². The molecule has 0 heterocycles. The van der Waals surface area contributed by atoms with E-state index in [1.54, 1.807) is 30.3 Å². The lowest BCUT2D eigenvalue weighted by atomic mass is 10.1. The fourth-order valence-electron chi connectivity index (χ4n) is 2.00. The van der Waals surface area contributed by atoms with Gasteiger partial charge in [0.15, 0.2) is 12.4 Å². The Kier molecular flexibility index (Phi) is 5.64. The van der Waals surface area contributed by atoms with Crippen molar-refractivity contribution in [1.82, 2.24) is 0 Å². The number of nitrogens with one attached hydrogen (secondary N) is 1. The Balaban J connectivity index is 2.03. The maximum atomic E-state index is 12.0. The second-order valence-corrected chi connectivity index (χ2v) is 5.87. The van der Waals surface area contributed by atoms with Crippen LogP contribution in [0.25, 0.3) is 0 Å². The van der Waals surface area contributed by atoms with Gasteiger partial charge >= 0.3 is 0 Å². The van der Waals surface area contributed by atoms with Gasteiger partial charge in [-0.3, -0.25) is 9.59 Å². The highest BCUT2D eigenvalue weighted by atomic mass is 35.5. The van der Waals surface area contributed by atoms with Gasteiger partial charge in [-0.15, -0.1) is 0 Å². The molecule has 0 aliphatic carbocycles. The summed E-state index contributed by atoms with van der Waals surface area (Å²) in [5.74, 6) is -0.193. The lowest BCUT2D eigenvalue weighted by Gasteiger charge is -2.12. The number of rotatable bonds is 5. The van der Waals surface area contributed by atoms with Crippen LogP contribution in [0, 0.1) is 6.92 Å². The fourth-order valence-corrected chi connectivity index (χ4v) is 2.40. The number of ketones is 1. The van der Waals surface area contributed by atoms with Gasteiger partial charge in [0.1, 0.15) is 5.75 Å². The molecule has 4 nitrogen and oxygen atoms in total. The minimum Gasteiger partial charge on any atom is -0.483 e. The summed E-state index contributed by atoms with van der Waals surface area (Å²) >= 11 is 11.7. The molecule has 23 heavy (non-hydrogen) atoms. The van der Waals surface area contributed by atoms with Crippen molar-refractivity contribution < 1.29 is 14.3 Å². The molecular weight excluding hydrogens is 337 g/mol. The lowest BCUT2D eigenvalue weighted by Crippen LogP contribution is -2.21. The van der Waals surface area contributed by atoms with Crippen LogP contribution in [-0.2, 0) is 4.79 Å². The summed E-state index contributed by atoms with van der Waals surface area (Å²) < 4.78 is 5.43. The predicted molar refractivity (Wildman–Crippen MR) is 91.8 cm³/mol. The summed E-state index contributed by atoms with van der Waals surface area (Å²) in [6.07, 6.45) is 0. The number of benzene rings is 2. The topological polar surface area (TPSA) is 55.4 Å². The minimum absolute atomic E-state index is 0.184. The van der Waals surface area contributed by atoms with Crippen LogP contribution in [0.4, 0.5) is 5.69 Å². The van der Waals surface area contributed by atoms with E-state index in [0.717, 1.165) is 5.56 Å². The molecule has 0 aromatic heterocycles. The van der Waals surface area contributed by atoms with E-state index in [4.69, 9.17) is 27.9 Å². The molecule has 0 spiro atoms. The smallest absolute Gasteiger partial charge is 0.262 e. The fraction of sp³-hybridized carbons (Fsp3) is 0.176. The summed E-state index contributed by atoms with van der Waals surface area (Å²) in [5.41, 5.74) is 1.85. The zero-order valence-corrected chi connectivity index (χ0v) is 14.2. The summed E-state index contributed by atoms with van der Waals surface area (Å²) in [6.45, 7) is 3.04. The molecule has 0 atom stereocenters. The zero-order valence-electron chi connectivity index (χ0n) is 12.7. The molecule has 0 aliphatic heterocycles. The van der Waals surface area contributed by atoms with E-state index in [-0.39, 0.29) is 18.3 Å². The Labute approximate surface area is 144 Å². The SMILES string of the molecule is CC(=O)c1cc(Cl)ccc1OCC(=O)Nc1ccc(Cl)cc1C. The van der Waals surface area contributed by atoms with Crippen molar-refractivity contribution >= 4 is 40.6 Å². The van der Waals surface area contributed by atoms with E-state index in [0.29, 0.717) is 27.0 Å². The van der Waals surface area contributed by atoms with Crippen LogP contribution in [-0.4, -0.2) is 18.3 Å². The number of hydrogen-bond donors (Lipinski definition) is 1. The molecule has 1 amide bonds.